The molecule has 9 heteroatoms. The van der Waals surface area contributed by atoms with E-state index in [2.05, 4.69) is 15.8 Å². The summed E-state index contributed by atoms with van der Waals surface area (Å²) in [6, 6.07) is 6.71. The number of nitrogens with zero attached hydrogens (tertiary/aromatic N) is 1. The first-order valence-electron chi connectivity index (χ1n) is 7.34. The van der Waals surface area contributed by atoms with Crippen molar-refractivity contribution in [3.63, 3.8) is 0 Å². The second-order valence-corrected chi connectivity index (χ2v) is 5.96. The highest BCUT2D eigenvalue weighted by Crippen LogP contribution is 2.29. The van der Waals surface area contributed by atoms with Crippen LogP contribution in [0.2, 0.25) is 0 Å². The average Bonchev–Trinajstić information content (AvgIpc) is 2.99. The Labute approximate surface area is 149 Å². The molecule has 0 spiro atoms. The molecule has 1 heterocycles. The second-order valence-electron chi connectivity index (χ2n) is 4.98. The number of thioether (sulfide) groups is 1. The molecule has 0 fully saturated rings. The van der Waals surface area contributed by atoms with Crippen molar-refractivity contribution in [1.29, 1.82) is 0 Å². The van der Waals surface area contributed by atoms with Gasteiger partial charge in [0.2, 0.25) is 11.8 Å². The maximum Gasteiger partial charge on any atom is 0.235 e. The van der Waals surface area contributed by atoms with E-state index in [1.807, 2.05) is 0 Å². The summed E-state index contributed by atoms with van der Waals surface area (Å²) in [7, 11) is 3.06. The molecule has 0 unspecified atom stereocenters. The van der Waals surface area contributed by atoms with Crippen molar-refractivity contribution in [3.8, 4) is 11.5 Å². The lowest BCUT2D eigenvalue weighted by Crippen LogP contribution is -2.18. The van der Waals surface area contributed by atoms with Crippen LogP contribution in [0.15, 0.2) is 28.8 Å². The molecule has 0 atom stereocenters. The highest BCUT2D eigenvalue weighted by Gasteiger charge is 2.11. The third-order valence-electron chi connectivity index (χ3n) is 3.04. The number of methoxy groups -OCH3 is 2. The van der Waals surface area contributed by atoms with Crippen LogP contribution >= 0.6 is 11.8 Å². The Balaban J connectivity index is 1.78. The van der Waals surface area contributed by atoms with Gasteiger partial charge in [0, 0.05) is 12.1 Å². The summed E-state index contributed by atoms with van der Waals surface area (Å²) < 4.78 is 15.2. The van der Waals surface area contributed by atoms with Crippen molar-refractivity contribution in [3.05, 3.63) is 30.0 Å². The van der Waals surface area contributed by atoms with Crippen molar-refractivity contribution in [1.82, 2.24) is 5.16 Å². The van der Waals surface area contributed by atoms with Gasteiger partial charge in [-0.2, -0.15) is 0 Å². The quantitative estimate of drug-likeness (QED) is 0.740. The Hall–Kier alpha value is -2.68. The molecular formula is C16H19N3O5S. The van der Waals surface area contributed by atoms with Gasteiger partial charge in [-0.3, -0.25) is 9.59 Å². The lowest BCUT2D eigenvalue weighted by Gasteiger charge is -2.11. The van der Waals surface area contributed by atoms with Crippen LogP contribution in [0, 0.1) is 6.92 Å². The van der Waals surface area contributed by atoms with E-state index >= 15 is 0 Å². The van der Waals surface area contributed by atoms with Gasteiger partial charge in [-0.1, -0.05) is 5.16 Å². The van der Waals surface area contributed by atoms with Gasteiger partial charge in [0.1, 0.15) is 17.3 Å². The van der Waals surface area contributed by atoms with E-state index in [1.54, 1.807) is 38.3 Å². The van der Waals surface area contributed by atoms with E-state index in [-0.39, 0.29) is 23.3 Å². The van der Waals surface area contributed by atoms with Gasteiger partial charge in [0.05, 0.1) is 31.4 Å². The number of rotatable bonds is 8. The van der Waals surface area contributed by atoms with E-state index in [9.17, 15) is 9.59 Å². The summed E-state index contributed by atoms with van der Waals surface area (Å²) in [4.78, 5) is 23.8. The summed E-state index contributed by atoms with van der Waals surface area (Å²) in [5, 5.41) is 9.00. The molecular weight excluding hydrogens is 346 g/mol. The number of carbonyl (C=O) groups excluding carboxylic acids is 2. The minimum atomic E-state index is -0.256. The minimum Gasteiger partial charge on any atom is -0.497 e. The Morgan fingerprint density at radius 1 is 1.12 bits per heavy atom. The van der Waals surface area contributed by atoms with Crippen LogP contribution in [-0.2, 0) is 9.59 Å². The predicted octanol–water partition coefficient (Wildman–Crippen LogP) is 2.31. The smallest absolute Gasteiger partial charge is 0.235 e. The molecule has 0 aliphatic heterocycles. The SMILES string of the molecule is COc1ccc(NC(=O)CSCC(=O)Nc2cc(C)on2)c(OC)c1. The number of aromatic nitrogens is 1. The van der Waals surface area contributed by atoms with E-state index in [0.29, 0.717) is 28.8 Å². The van der Waals surface area contributed by atoms with E-state index in [1.165, 1.54) is 18.9 Å². The molecule has 2 N–H and O–H groups in total. The summed E-state index contributed by atoms with van der Waals surface area (Å²) in [6.07, 6.45) is 0. The van der Waals surface area contributed by atoms with Crippen LogP contribution in [0.25, 0.3) is 0 Å². The fourth-order valence-electron chi connectivity index (χ4n) is 1.93. The number of hydrogen-bond donors (Lipinski definition) is 2. The van der Waals surface area contributed by atoms with Gasteiger partial charge in [0.25, 0.3) is 0 Å². The number of anilines is 2. The van der Waals surface area contributed by atoms with Crippen LogP contribution in [-0.4, -0.2) is 42.7 Å². The molecule has 0 bridgehead atoms. The van der Waals surface area contributed by atoms with Gasteiger partial charge in [-0.05, 0) is 19.1 Å². The first-order chi connectivity index (χ1) is 12.0. The predicted molar refractivity (Wildman–Crippen MR) is 95.4 cm³/mol. The van der Waals surface area contributed by atoms with Gasteiger partial charge in [-0.15, -0.1) is 11.8 Å². The van der Waals surface area contributed by atoms with Crippen LogP contribution in [0.4, 0.5) is 11.5 Å². The standard InChI is InChI=1S/C16H19N3O5S/c1-10-6-14(19-24-10)18-16(21)9-25-8-15(20)17-12-5-4-11(22-2)7-13(12)23-3/h4-7H,8-9H2,1-3H3,(H,17,20)(H,18,19,21). The average molecular weight is 365 g/mol. The maximum absolute atomic E-state index is 12.0. The van der Waals surface area contributed by atoms with Crippen molar-refractivity contribution in [2.24, 2.45) is 0 Å². The third-order valence-corrected chi connectivity index (χ3v) is 3.98. The molecule has 0 saturated carbocycles. The molecule has 25 heavy (non-hydrogen) atoms. The Bertz CT molecular complexity index is 747. The van der Waals surface area contributed by atoms with Gasteiger partial charge < -0.3 is 24.6 Å². The largest absolute Gasteiger partial charge is 0.497 e. The van der Waals surface area contributed by atoms with Crippen molar-refractivity contribution in [2.75, 3.05) is 36.4 Å². The summed E-state index contributed by atoms with van der Waals surface area (Å²) in [5.41, 5.74) is 0.538. The zero-order valence-corrected chi connectivity index (χ0v) is 14.9. The highest BCUT2D eigenvalue weighted by molar-refractivity contribution is 8.00. The van der Waals surface area contributed by atoms with Crippen LogP contribution in [0.3, 0.4) is 0 Å². The zero-order chi connectivity index (χ0) is 18.2. The summed E-state index contributed by atoms with van der Waals surface area (Å²) >= 11 is 1.19. The minimum absolute atomic E-state index is 0.124. The highest BCUT2D eigenvalue weighted by atomic mass is 32.2. The van der Waals surface area contributed by atoms with E-state index in [4.69, 9.17) is 14.0 Å². The molecule has 0 aliphatic rings. The number of aryl methyl sites for hydroxylation is 1. The summed E-state index contributed by atoms with van der Waals surface area (Å²) in [6.45, 7) is 1.73. The molecule has 0 saturated heterocycles. The van der Waals surface area contributed by atoms with Gasteiger partial charge in [-0.25, -0.2) is 0 Å². The van der Waals surface area contributed by atoms with Crippen molar-refractivity contribution in [2.45, 2.75) is 6.92 Å². The Morgan fingerprint density at radius 3 is 2.44 bits per heavy atom. The van der Waals surface area contributed by atoms with Gasteiger partial charge in [0.15, 0.2) is 5.82 Å². The molecule has 2 amide bonds. The topological polar surface area (TPSA) is 103 Å². The van der Waals surface area contributed by atoms with Crippen molar-refractivity contribution < 1.29 is 23.6 Å². The van der Waals surface area contributed by atoms with Gasteiger partial charge >= 0.3 is 0 Å². The number of nitrogens with one attached hydrogen (secondary N) is 2. The molecule has 8 nitrogen and oxygen atoms in total. The summed E-state index contributed by atoms with van der Waals surface area (Å²) in [5.74, 6) is 1.85. The number of amides is 2. The van der Waals surface area contributed by atoms with Crippen LogP contribution in [0.5, 0.6) is 11.5 Å². The first kappa shape index (κ1) is 18.7. The Kier molecular flexibility index (Phi) is 6.70. The molecule has 134 valence electrons. The number of hydrogen-bond acceptors (Lipinski definition) is 7. The van der Waals surface area contributed by atoms with E-state index in [0.717, 1.165) is 0 Å². The number of ether oxygens (including phenoxy) is 2. The lowest BCUT2D eigenvalue weighted by atomic mass is 10.2. The van der Waals surface area contributed by atoms with Crippen molar-refractivity contribution >= 4 is 35.1 Å². The van der Waals surface area contributed by atoms with E-state index < -0.39 is 0 Å². The third kappa shape index (κ3) is 5.71. The monoisotopic (exact) mass is 365 g/mol. The molecule has 1 aromatic carbocycles. The second kappa shape index (κ2) is 8.97. The first-order valence-corrected chi connectivity index (χ1v) is 8.50. The normalized spacial score (nSPS) is 10.2. The molecule has 1 aromatic heterocycles. The number of benzene rings is 1. The number of carbonyl (C=O) groups is 2. The Morgan fingerprint density at radius 2 is 1.84 bits per heavy atom. The van der Waals surface area contributed by atoms with Crippen LogP contribution in [0.1, 0.15) is 5.76 Å². The maximum atomic E-state index is 12.0. The van der Waals surface area contributed by atoms with Crippen LogP contribution < -0.4 is 20.1 Å². The fourth-order valence-corrected chi connectivity index (χ4v) is 2.55. The fraction of sp³-hybridized carbons (Fsp3) is 0.312. The molecule has 2 rings (SSSR count). The molecule has 0 aliphatic carbocycles. The lowest BCUT2D eigenvalue weighted by molar-refractivity contribution is -0.114. The molecule has 0 radical (unpaired) electrons. The zero-order valence-electron chi connectivity index (χ0n) is 14.1. The molecule has 2 aromatic rings.